The molecule has 6 heteroatoms. The van der Waals surface area contributed by atoms with Crippen molar-refractivity contribution in [3.05, 3.63) is 94.8 Å². The van der Waals surface area contributed by atoms with Crippen LogP contribution < -0.4 is 5.32 Å². The van der Waals surface area contributed by atoms with Crippen LogP contribution in [-0.2, 0) is 11.2 Å². The van der Waals surface area contributed by atoms with E-state index in [-0.39, 0.29) is 6.04 Å². The first-order valence-corrected chi connectivity index (χ1v) is 14.8. The molecule has 1 atom stereocenters. The number of carbonyl (C=O) groups excluding carboxylic acids is 1. The van der Waals surface area contributed by atoms with Crippen molar-refractivity contribution in [1.82, 2.24) is 19.7 Å². The molecule has 4 aromatic rings. The molecule has 0 spiro atoms. The van der Waals surface area contributed by atoms with Crippen LogP contribution in [-0.4, -0.2) is 38.7 Å². The van der Waals surface area contributed by atoms with Crippen LogP contribution in [0.25, 0.3) is 17.1 Å². The van der Waals surface area contributed by atoms with Gasteiger partial charge >= 0.3 is 0 Å². The van der Waals surface area contributed by atoms with Crippen molar-refractivity contribution in [2.75, 3.05) is 18.4 Å². The quantitative estimate of drug-likeness (QED) is 0.298. The largest absolute Gasteiger partial charge is 0.378 e. The number of hydrogen-bond acceptors (Lipinski definition) is 4. The third kappa shape index (κ3) is 4.70. The monoisotopic (exact) mass is 531 g/mol. The number of carbonyl (C=O) groups is 1. The number of amides is 1. The molecule has 0 unspecified atom stereocenters. The fraction of sp³-hybridized carbons (Fsp3) is 0.382. The SMILES string of the molecule is Cc1cc(C2CCN(C(=O)C3CC3)CC2)ccc1N[C@H]1CCc2cccc(-c3cccc(-n4nccc4C)n3)c21. The average Bonchev–Trinajstić information content (AvgIpc) is 3.63. The standard InChI is InChI=1S/C34H37N5O/c1-22-21-27(24-16-19-38(20-17-24)34(40)26-9-10-26)12-13-29(22)36-31-14-11-25-5-3-6-28(33(25)31)30-7-4-8-32(37-30)39-23(2)15-18-35-39/h3-8,12-13,15,18,21,24,26,31,36H,9-11,14,16-17,19-20H2,1-2H3/t31-/m0/s1. The number of fused-ring (bicyclic) bond motifs is 1. The molecular weight excluding hydrogens is 494 g/mol. The van der Waals surface area contributed by atoms with Gasteiger partial charge < -0.3 is 10.2 Å². The van der Waals surface area contributed by atoms with E-state index < -0.39 is 0 Å². The first kappa shape index (κ1) is 25.1. The Balaban J connectivity index is 1.10. The lowest BCUT2D eigenvalue weighted by Gasteiger charge is -2.32. The van der Waals surface area contributed by atoms with E-state index in [1.165, 1.54) is 33.5 Å². The zero-order chi connectivity index (χ0) is 27.2. The van der Waals surface area contributed by atoms with Gasteiger partial charge in [0.1, 0.15) is 0 Å². The highest BCUT2D eigenvalue weighted by Crippen LogP contribution is 2.41. The van der Waals surface area contributed by atoms with E-state index in [1.54, 1.807) is 0 Å². The Hall–Kier alpha value is -3.93. The Morgan fingerprint density at radius 2 is 1.75 bits per heavy atom. The van der Waals surface area contributed by atoms with E-state index in [1.807, 2.05) is 29.9 Å². The smallest absolute Gasteiger partial charge is 0.225 e. The molecular formula is C34H37N5O. The lowest BCUT2D eigenvalue weighted by atomic mass is 9.88. The summed E-state index contributed by atoms with van der Waals surface area (Å²) in [5.74, 6) is 2.09. The number of pyridine rings is 1. The van der Waals surface area contributed by atoms with Crippen molar-refractivity contribution in [2.24, 2.45) is 5.92 Å². The molecule has 1 amide bonds. The molecule has 6 nitrogen and oxygen atoms in total. The topological polar surface area (TPSA) is 63.1 Å². The summed E-state index contributed by atoms with van der Waals surface area (Å²) in [5.41, 5.74) is 9.90. The van der Waals surface area contributed by atoms with Crippen LogP contribution in [0, 0.1) is 19.8 Å². The maximum absolute atomic E-state index is 12.5. The molecule has 204 valence electrons. The van der Waals surface area contributed by atoms with Crippen LogP contribution in [0.2, 0.25) is 0 Å². The summed E-state index contributed by atoms with van der Waals surface area (Å²) in [7, 11) is 0. The van der Waals surface area contributed by atoms with Gasteiger partial charge in [0, 0.05) is 42.1 Å². The van der Waals surface area contributed by atoms with Gasteiger partial charge in [-0.1, -0.05) is 36.4 Å². The minimum atomic E-state index is 0.240. The van der Waals surface area contributed by atoms with Crippen LogP contribution in [0.3, 0.4) is 0 Å². The van der Waals surface area contributed by atoms with Gasteiger partial charge in [-0.3, -0.25) is 4.79 Å². The third-order valence-electron chi connectivity index (χ3n) is 9.09. The van der Waals surface area contributed by atoms with Crippen LogP contribution in [0.15, 0.2) is 66.9 Å². The normalized spacial score (nSPS) is 19.1. The predicted octanol–water partition coefficient (Wildman–Crippen LogP) is 6.77. The van der Waals surface area contributed by atoms with Crippen LogP contribution in [0.1, 0.15) is 72.0 Å². The number of nitrogens with one attached hydrogen (secondary N) is 1. The van der Waals surface area contributed by atoms with E-state index in [9.17, 15) is 4.79 Å². The van der Waals surface area contributed by atoms with Gasteiger partial charge in [-0.15, -0.1) is 0 Å². The summed E-state index contributed by atoms with van der Waals surface area (Å²) in [6, 6.07) is 22.0. The number of hydrogen-bond donors (Lipinski definition) is 1. The van der Waals surface area contributed by atoms with Gasteiger partial charge in [0.15, 0.2) is 5.82 Å². The zero-order valence-electron chi connectivity index (χ0n) is 23.4. The molecule has 3 aliphatic rings. The van der Waals surface area contributed by atoms with Gasteiger partial charge in [-0.25, -0.2) is 9.67 Å². The second-order valence-electron chi connectivity index (χ2n) is 11.8. The Bertz CT molecular complexity index is 1560. The molecule has 2 aromatic heterocycles. The summed E-state index contributed by atoms with van der Waals surface area (Å²) in [6.45, 7) is 6.07. The minimum Gasteiger partial charge on any atom is -0.378 e. The zero-order valence-corrected chi connectivity index (χ0v) is 23.4. The van der Waals surface area contributed by atoms with Gasteiger partial charge in [-0.05, 0) is 105 Å². The van der Waals surface area contributed by atoms with Crippen molar-refractivity contribution in [3.8, 4) is 17.1 Å². The number of aromatic nitrogens is 3. The summed E-state index contributed by atoms with van der Waals surface area (Å²) >= 11 is 0. The highest BCUT2D eigenvalue weighted by molar-refractivity contribution is 5.81. The van der Waals surface area contributed by atoms with E-state index in [0.29, 0.717) is 17.7 Å². The summed E-state index contributed by atoms with van der Waals surface area (Å²) in [5, 5.41) is 8.36. The van der Waals surface area contributed by atoms with Crippen LogP contribution >= 0.6 is 0 Å². The highest BCUT2D eigenvalue weighted by Gasteiger charge is 2.35. The minimum absolute atomic E-state index is 0.240. The van der Waals surface area contributed by atoms with Crippen LogP contribution in [0.4, 0.5) is 5.69 Å². The van der Waals surface area contributed by atoms with Crippen LogP contribution in [0.5, 0.6) is 0 Å². The number of aryl methyl sites for hydroxylation is 3. The second-order valence-corrected chi connectivity index (χ2v) is 11.8. The van der Waals surface area contributed by atoms with Gasteiger partial charge in [-0.2, -0.15) is 5.10 Å². The maximum atomic E-state index is 12.5. The number of benzene rings is 2. The number of piperidine rings is 1. The molecule has 2 fully saturated rings. The Labute approximate surface area is 236 Å². The van der Waals surface area contributed by atoms with Crippen molar-refractivity contribution in [1.29, 1.82) is 0 Å². The number of nitrogens with zero attached hydrogens (tertiary/aromatic N) is 4. The molecule has 7 rings (SSSR count). The molecule has 2 aromatic carbocycles. The number of anilines is 1. The Morgan fingerprint density at radius 1 is 0.925 bits per heavy atom. The van der Waals surface area contributed by atoms with Crippen molar-refractivity contribution in [3.63, 3.8) is 0 Å². The predicted molar refractivity (Wildman–Crippen MR) is 159 cm³/mol. The molecule has 1 aliphatic heterocycles. The summed E-state index contributed by atoms with van der Waals surface area (Å²) in [6.07, 6.45) is 8.26. The molecule has 1 saturated heterocycles. The Kier molecular flexibility index (Phi) is 6.41. The summed E-state index contributed by atoms with van der Waals surface area (Å²) < 4.78 is 1.89. The lowest BCUT2D eigenvalue weighted by molar-refractivity contribution is -0.133. The fourth-order valence-electron chi connectivity index (χ4n) is 6.67. The van der Waals surface area contributed by atoms with Crippen molar-refractivity contribution < 1.29 is 4.79 Å². The molecule has 40 heavy (non-hydrogen) atoms. The first-order valence-electron chi connectivity index (χ1n) is 14.8. The van der Waals surface area contributed by atoms with E-state index in [2.05, 4.69) is 70.8 Å². The van der Waals surface area contributed by atoms with E-state index >= 15 is 0 Å². The van der Waals surface area contributed by atoms with Gasteiger partial charge in [0.05, 0.1) is 11.7 Å². The average molecular weight is 532 g/mol. The van der Waals surface area contributed by atoms with Crippen molar-refractivity contribution in [2.45, 2.75) is 64.3 Å². The summed E-state index contributed by atoms with van der Waals surface area (Å²) in [4.78, 5) is 19.6. The van der Waals surface area contributed by atoms with Gasteiger partial charge in [0.25, 0.3) is 0 Å². The molecule has 1 N–H and O–H groups in total. The van der Waals surface area contributed by atoms with Crippen molar-refractivity contribution >= 4 is 11.6 Å². The van der Waals surface area contributed by atoms with E-state index in [4.69, 9.17) is 4.98 Å². The fourth-order valence-corrected chi connectivity index (χ4v) is 6.67. The molecule has 3 heterocycles. The Morgan fingerprint density at radius 3 is 2.50 bits per heavy atom. The molecule has 0 radical (unpaired) electrons. The molecule has 1 saturated carbocycles. The molecule has 0 bridgehead atoms. The molecule has 2 aliphatic carbocycles. The van der Waals surface area contributed by atoms with Gasteiger partial charge in [0.2, 0.25) is 5.91 Å². The first-order chi connectivity index (χ1) is 19.5. The number of likely N-dealkylation sites (tertiary alicyclic amines) is 1. The lowest BCUT2D eigenvalue weighted by Crippen LogP contribution is -2.38. The highest BCUT2D eigenvalue weighted by atomic mass is 16.2. The number of rotatable bonds is 6. The van der Waals surface area contributed by atoms with E-state index in [0.717, 1.165) is 68.8 Å². The second kappa shape index (κ2) is 10.2. The maximum Gasteiger partial charge on any atom is 0.225 e. The third-order valence-corrected chi connectivity index (χ3v) is 9.09.